The van der Waals surface area contributed by atoms with Crippen LogP contribution in [0.4, 0.5) is 0 Å². The highest BCUT2D eigenvalue weighted by Gasteiger charge is 2.10. The fourth-order valence-electron chi connectivity index (χ4n) is 1.53. The molecule has 5 nitrogen and oxygen atoms in total. The number of nitrogens with zero attached hydrogens (tertiary/aromatic N) is 3. The molecule has 92 valence electrons. The van der Waals surface area contributed by atoms with E-state index in [-0.39, 0.29) is 0 Å². The van der Waals surface area contributed by atoms with Gasteiger partial charge in [0.1, 0.15) is 5.01 Å². The van der Waals surface area contributed by atoms with E-state index in [2.05, 4.69) is 32.6 Å². The van der Waals surface area contributed by atoms with E-state index in [0.717, 1.165) is 47.2 Å². The molecule has 0 atom stereocenters. The fourth-order valence-corrected chi connectivity index (χ4v) is 2.43. The summed E-state index contributed by atoms with van der Waals surface area (Å²) in [5.74, 6) is 0. The molecule has 2 heterocycles. The summed E-state index contributed by atoms with van der Waals surface area (Å²) in [7, 11) is 0. The third kappa shape index (κ3) is 3.10. The van der Waals surface area contributed by atoms with Crippen LogP contribution < -0.4 is 5.32 Å². The summed E-state index contributed by atoms with van der Waals surface area (Å²) >= 11 is 1.64. The molecule has 0 saturated carbocycles. The van der Waals surface area contributed by atoms with Crippen LogP contribution in [0.3, 0.4) is 0 Å². The standard InChI is InChI=1S/C11H17N5S/c1-3-5-12-6-4-10-15-16-11(17-10)9-7-13-14-8(9)2/h7,12H,3-6H2,1-2H3,(H,13,14). The van der Waals surface area contributed by atoms with Gasteiger partial charge < -0.3 is 5.32 Å². The summed E-state index contributed by atoms with van der Waals surface area (Å²) in [6.07, 6.45) is 3.90. The first kappa shape index (κ1) is 12.2. The van der Waals surface area contributed by atoms with Crippen LogP contribution >= 0.6 is 11.3 Å². The highest BCUT2D eigenvalue weighted by Crippen LogP contribution is 2.24. The van der Waals surface area contributed by atoms with Crippen molar-refractivity contribution in [2.24, 2.45) is 0 Å². The number of rotatable bonds is 6. The van der Waals surface area contributed by atoms with E-state index < -0.39 is 0 Å². The minimum atomic E-state index is 0.939. The molecule has 0 amide bonds. The average Bonchev–Trinajstić information content (AvgIpc) is 2.93. The van der Waals surface area contributed by atoms with Crippen LogP contribution in [0.1, 0.15) is 24.0 Å². The Balaban J connectivity index is 1.95. The van der Waals surface area contributed by atoms with E-state index in [9.17, 15) is 0 Å². The molecule has 2 aromatic rings. The number of aromatic nitrogens is 4. The molecule has 0 bridgehead atoms. The van der Waals surface area contributed by atoms with Gasteiger partial charge in [0.15, 0.2) is 5.01 Å². The van der Waals surface area contributed by atoms with Crippen LogP contribution in [-0.4, -0.2) is 33.5 Å². The maximum absolute atomic E-state index is 4.20. The monoisotopic (exact) mass is 251 g/mol. The number of nitrogens with one attached hydrogen (secondary N) is 2. The fraction of sp³-hybridized carbons (Fsp3) is 0.545. The van der Waals surface area contributed by atoms with E-state index in [1.165, 1.54) is 0 Å². The molecular formula is C11H17N5S. The number of hydrogen-bond acceptors (Lipinski definition) is 5. The lowest BCUT2D eigenvalue weighted by molar-refractivity contribution is 0.668. The summed E-state index contributed by atoms with van der Waals surface area (Å²) in [5, 5.41) is 20.7. The maximum atomic E-state index is 4.20. The lowest BCUT2D eigenvalue weighted by Crippen LogP contribution is -2.17. The zero-order chi connectivity index (χ0) is 12.1. The minimum absolute atomic E-state index is 0.939. The second kappa shape index (κ2) is 5.88. The smallest absolute Gasteiger partial charge is 0.151 e. The Kier molecular flexibility index (Phi) is 4.22. The Hall–Kier alpha value is -1.27. The highest BCUT2D eigenvalue weighted by molar-refractivity contribution is 7.14. The molecule has 2 rings (SSSR count). The summed E-state index contributed by atoms with van der Waals surface area (Å²) < 4.78 is 0. The second-order valence-corrected chi connectivity index (χ2v) is 4.97. The molecule has 0 unspecified atom stereocenters. The van der Waals surface area contributed by atoms with Crippen molar-refractivity contribution in [2.75, 3.05) is 13.1 Å². The van der Waals surface area contributed by atoms with Crippen molar-refractivity contribution in [3.63, 3.8) is 0 Å². The Morgan fingerprint density at radius 2 is 2.24 bits per heavy atom. The van der Waals surface area contributed by atoms with Crippen LogP contribution in [-0.2, 0) is 6.42 Å². The van der Waals surface area contributed by atoms with Crippen molar-refractivity contribution in [2.45, 2.75) is 26.7 Å². The van der Waals surface area contributed by atoms with Gasteiger partial charge >= 0.3 is 0 Å². The summed E-state index contributed by atoms with van der Waals surface area (Å²) in [4.78, 5) is 0. The number of aryl methyl sites for hydroxylation is 1. The van der Waals surface area contributed by atoms with Gasteiger partial charge in [-0.25, -0.2) is 0 Å². The Labute approximate surface area is 105 Å². The van der Waals surface area contributed by atoms with Gasteiger partial charge in [0.05, 0.1) is 11.8 Å². The molecule has 0 aromatic carbocycles. The van der Waals surface area contributed by atoms with Gasteiger partial charge in [-0.1, -0.05) is 18.3 Å². The number of aromatic amines is 1. The topological polar surface area (TPSA) is 66.5 Å². The molecule has 2 aromatic heterocycles. The molecular weight excluding hydrogens is 234 g/mol. The molecule has 0 aliphatic rings. The molecule has 17 heavy (non-hydrogen) atoms. The molecule has 6 heteroatoms. The van der Waals surface area contributed by atoms with Gasteiger partial charge in [0.2, 0.25) is 0 Å². The van der Waals surface area contributed by atoms with Crippen molar-refractivity contribution < 1.29 is 0 Å². The lowest BCUT2D eigenvalue weighted by Gasteiger charge is -1.98. The van der Waals surface area contributed by atoms with E-state index in [1.54, 1.807) is 17.5 Å². The van der Waals surface area contributed by atoms with E-state index in [0.29, 0.717) is 0 Å². The van der Waals surface area contributed by atoms with Crippen LogP contribution in [0.5, 0.6) is 0 Å². The van der Waals surface area contributed by atoms with Gasteiger partial charge in [-0.2, -0.15) is 5.10 Å². The predicted molar refractivity (Wildman–Crippen MR) is 69.1 cm³/mol. The van der Waals surface area contributed by atoms with Gasteiger partial charge in [-0.3, -0.25) is 5.10 Å². The van der Waals surface area contributed by atoms with Gasteiger partial charge in [-0.15, -0.1) is 10.2 Å². The van der Waals surface area contributed by atoms with E-state index in [1.807, 2.05) is 6.92 Å². The maximum Gasteiger partial charge on any atom is 0.151 e. The molecule has 0 fully saturated rings. The quantitative estimate of drug-likeness (QED) is 0.768. The third-order valence-corrected chi connectivity index (χ3v) is 3.49. The zero-order valence-electron chi connectivity index (χ0n) is 10.2. The Morgan fingerprint density at radius 1 is 1.35 bits per heavy atom. The van der Waals surface area contributed by atoms with E-state index in [4.69, 9.17) is 0 Å². The van der Waals surface area contributed by atoms with Crippen molar-refractivity contribution in [1.29, 1.82) is 0 Å². The molecule has 0 aliphatic heterocycles. The zero-order valence-corrected chi connectivity index (χ0v) is 11.0. The highest BCUT2D eigenvalue weighted by atomic mass is 32.1. The first-order valence-electron chi connectivity index (χ1n) is 5.84. The predicted octanol–water partition coefficient (Wildman–Crippen LogP) is 1.78. The van der Waals surface area contributed by atoms with Crippen LogP contribution in [0, 0.1) is 6.92 Å². The van der Waals surface area contributed by atoms with Crippen molar-refractivity contribution >= 4 is 11.3 Å². The van der Waals surface area contributed by atoms with Crippen molar-refractivity contribution in [3.8, 4) is 10.6 Å². The molecule has 0 aliphatic carbocycles. The second-order valence-electron chi connectivity index (χ2n) is 3.91. The van der Waals surface area contributed by atoms with Gasteiger partial charge in [0, 0.05) is 18.7 Å². The van der Waals surface area contributed by atoms with Gasteiger partial charge in [-0.05, 0) is 19.9 Å². The number of hydrogen-bond donors (Lipinski definition) is 2. The SMILES string of the molecule is CCCNCCc1nnc(-c2cn[nH]c2C)s1. The van der Waals surface area contributed by atoms with Crippen LogP contribution in [0.2, 0.25) is 0 Å². The van der Waals surface area contributed by atoms with Crippen molar-refractivity contribution in [1.82, 2.24) is 25.7 Å². The van der Waals surface area contributed by atoms with Crippen LogP contribution in [0.15, 0.2) is 6.20 Å². The largest absolute Gasteiger partial charge is 0.316 e. The minimum Gasteiger partial charge on any atom is -0.316 e. The Morgan fingerprint density at radius 3 is 2.94 bits per heavy atom. The lowest BCUT2D eigenvalue weighted by atomic mass is 10.3. The van der Waals surface area contributed by atoms with E-state index >= 15 is 0 Å². The first-order valence-corrected chi connectivity index (χ1v) is 6.66. The molecule has 0 radical (unpaired) electrons. The van der Waals surface area contributed by atoms with Gasteiger partial charge in [0.25, 0.3) is 0 Å². The summed E-state index contributed by atoms with van der Waals surface area (Å²) in [6, 6.07) is 0. The van der Waals surface area contributed by atoms with Crippen molar-refractivity contribution in [3.05, 3.63) is 16.9 Å². The molecule has 0 spiro atoms. The average molecular weight is 251 g/mol. The van der Waals surface area contributed by atoms with Crippen LogP contribution in [0.25, 0.3) is 10.6 Å². The molecule has 2 N–H and O–H groups in total. The first-order chi connectivity index (χ1) is 8.31. The third-order valence-electron chi connectivity index (χ3n) is 2.47. The summed E-state index contributed by atoms with van der Waals surface area (Å²) in [5.41, 5.74) is 2.09. The molecule has 0 saturated heterocycles. The summed E-state index contributed by atoms with van der Waals surface area (Å²) in [6.45, 7) is 6.18. The number of H-pyrrole nitrogens is 1. The normalized spacial score (nSPS) is 10.9. The Bertz CT molecular complexity index is 462.